The predicted molar refractivity (Wildman–Crippen MR) is 249 cm³/mol. The summed E-state index contributed by atoms with van der Waals surface area (Å²) in [5.41, 5.74) is 23.8. The van der Waals surface area contributed by atoms with Crippen LogP contribution >= 0.6 is 0 Å². The van der Waals surface area contributed by atoms with Crippen LogP contribution in [0.15, 0.2) is 176 Å². The minimum atomic E-state index is -0.0466. The summed E-state index contributed by atoms with van der Waals surface area (Å²) >= 11 is 0. The van der Waals surface area contributed by atoms with Crippen molar-refractivity contribution >= 4 is 50.2 Å². The molecule has 7 aromatic rings. The molecule has 2 heterocycles. The molecule has 0 saturated heterocycles. The standard InChI is InChI=1S/C57H46N2/c1-34-14-11-21-45-46-22-13-23-47-55-35(2)41(28-29-52(55)59(56(46)47)53-32-37-16-6-5-15-36(37)31-48(53)54(34)45)38-17-12-18-39(30-38)42-19-8-10-25-51(42)58-40-26-27-44-43-20-7-9-24-49(43)57(3,4)50(44)33-40/h5-13,15-35,55,58H,14H2,1-4H3. The van der Waals surface area contributed by atoms with Crippen LogP contribution in [0.5, 0.6) is 0 Å². The van der Waals surface area contributed by atoms with E-state index in [1.165, 1.54) is 100 Å². The molecule has 1 N–H and O–H groups in total. The number of rotatable bonds is 4. The van der Waals surface area contributed by atoms with E-state index in [1.54, 1.807) is 0 Å². The lowest BCUT2D eigenvalue weighted by Crippen LogP contribution is -2.21. The highest BCUT2D eigenvalue weighted by atomic mass is 15.2. The van der Waals surface area contributed by atoms with Crippen molar-refractivity contribution in [3.63, 3.8) is 0 Å². The number of allylic oxidation sites excluding steroid dienone is 8. The molecule has 5 aliphatic rings. The zero-order valence-corrected chi connectivity index (χ0v) is 34.1. The largest absolute Gasteiger partial charge is 0.355 e. The van der Waals surface area contributed by atoms with E-state index in [9.17, 15) is 0 Å². The van der Waals surface area contributed by atoms with Gasteiger partial charge in [-0.1, -0.05) is 155 Å². The lowest BCUT2D eigenvalue weighted by atomic mass is 9.75. The summed E-state index contributed by atoms with van der Waals surface area (Å²) in [4.78, 5) is 2.64. The number of nitrogens with zero attached hydrogens (tertiary/aromatic N) is 1. The molecule has 2 nitrogen and oxygen atoms in total. The highest BCUT2D eigenvalue weighted by molar-refractivity contribution is 6.10. The number of nitrogens with one attached hydrogen (secondary N) is 1. The lowest BCUT2D eigenvalue weighted by molar-refractivity contribution is 0.636. The number of para-hydroxylation sites is 2. The molecule has 12 rings (SSSR count). The van der Waals surface area contributed by atoms with E-state index in [0.29, 0.717) is 5.92 Å². The first-order valence-electron chi connectivity index (χ1n) is 21.4. The Hall–Kier alpha value is -6.64. The molecule has 2 heteroatoms. The molecular formula is C57H46N2. The zero-order valence-electron chi connectivity index (χ0n) is 34.1. The van der Waals surface area contributed by atoms with Crippen molar-refractivity contribution in [1.29, 1.82) is 0 Å². The van der Waals surface area contributed by atoms with Crippen LogP contribution in [0.25, 0.3) is 49.7 Å². The third-order valence-electron chi connectivity index (χ3n) is 14.2. The number of anilines is 4. The molecule has 3 aliphatic carbocycles. The van der Waals surface area contributed by atoms with Gasteiger partial charge in [-0.2, -0.15) is 0 Å². The number of fused-ring (bicyclic) bond motifs is 11. The van der Waals surface area contributed by atoms with Crippen LogP contribution in [-0.4, -0.2) is 0 Å². The van der Waals surface area contributed by atoms with Gasteiger partial charge in [0, 0.05) is 45.1 Å². The Balaban J connectivity index is 0.934. The Morgan fingerprint density at radius 3 is 2.22 bits per heavy atom. The molecule has 59 heavy (non-hydrogen) atoms. The zero-order chi connectivity index (χ0) is 39.6. The van der Waals surface area contributed by atoms with Gasteiger partial charge in [-0.3, -0.25) is 0 Å². The molecule has 0 radical (unpaired) electrons. The Morgan fingerprint density at radius 1 is 0.610 bits per heavy atom. The highest BCUT2D eigenvalue weighted by Gasteiger charge is 2.45. The molecular weight excluding hydrogens is 713 g/mol. The van der Waals surface area contributed by atoms with Crippen LogP contribution in [0.4, 0.5) is 22.7 Å². The average molecular weight is 759 g/mol. The predicted octanol–water partition coefficient (Wildman–Crippen LogP) is 15.2. The minimum Gasteiger partial charge on any atom is -0.355 e. The topological polar surface area (TPSA) is 15.3 Å². The van der Waals surface area contributed by atoms with E-state index < -0.39 is 0 Å². The Morgan fingerprint density at radius 2 is 1.34 bits per heavy atom. The fourth-order valence-electron chi connectivity index (χ4n) is 11.3. The Bertz CT molecular complexity index is 3080. The number of hydrogen-bond donors (Lipinski definition) is 1. The normalized spacial score (nSPS) is 20.1. The molecule has 284 valence electrons. The van der Waals surface area contributed by atoms with Gasteiger partial charge in [0.05, 0.1) is 11.4 Å². The van der Waals surface area contributed by atoms with Crippen molar-refractivity contribution in [1.82, 2.24) is 0 Å². The third-order valence-corrected chi connectivity index (χ3v) is 14.2. The Labute approximate surface area is 347 Å². The van der Waals surface area contributed by atoms with Gasteiger partial charge in [-0.25, -0.2) is 0 Å². The van der Waals surface area contributed by atoms with Gasteiger partial charge >= 0.3 is 0 Å². The van der Waals surface area contributed by atoms with Gasteiger partial charge < -0.3 is 10.2 Å². The summed E-state index contributed by atoms with van der Waals surface area (Å²) in [7, 11) is 0. The third kappa shape index (κ3) is 4.99. The molecule has 0 bridgehead atoms. The van der Waals surface area contributed by atoms with E-state index in [0.717, 1.165) is 17.8 Å². The van der Waals surface area contributed by atoms with E-state index in [-0.39, 0.29) is 17.3 Å². The van der Waals surface area contributed by atoms with Crippen LogP contribution in [-0.2, 0) is 5.41 Å². The first-order valence-corrected chi connectivity index (χ1v) is 21.4. The first-order chi connectivity index (χ1) is 28.8. The van der Waals surface area contributed by atoms with Crippen molar-refractivity contribution in [2.75, 3.05) is 10.2 Å². The molecule has 3 unspecified atom stereocenters. The van der Waals surface area contributed by atoms with Crippen LogP contribution in [0.2, 0.25) is 0 Å². The maximum Gasteiger partial charge on any atom is 0.0576 e. The smallest absolute Gasteiger partial charge is 0.0576 e. The fraction of sp³-hybridized carbons (Fsp3) is 0.158. The van der Waals surface area contributed by atoms with Crippen molar-refractivity contribution in [3.05, 3.63) is 209 Å². The maximum absolute atomic E-state index is 3.85. The summed E-state index contributed by atoms with van der Waals surface area (Å²) < 4.78 is 0. The van der Waals surface area contributed by atoms with Crippen LogP contribution < -0.4 is 10.2 Å². The maximum atomic E-state index is 3.85. The van der Waals surface area contributed by atoms with Crippen LogP contribution in [0, 0.1) is 11.8 Å². The molecule has 0 saturated carbocycles. The van der Waals surface area contributed by atoms with Crippen molar-refractivity contribution < 1.29 is 0 Å². The second kappa shape index (κ2) is 12.7. The van der Waals surface area contributed by atoms with Gasteiger partial charge in [0.15, 0.2) is 0 Å². The summed E-state index contributed by atoms with van der Waals surface area (Å²) in [6.07, 6.45) is 10.7. The van der Waals surface area contributed by atoms with Gasteiger partial charge in [-0.15, -0.1) is 0 Å². The summed E-state index contributed by atoms with van der Waals surface area (Å²) in [6.45, 7) is 9.54. The average Bonchev–Trinajstić information content (AvgIpc) is 3.67. The molecule has 7 aromatic carbocycles. The quantitative estimate of drug-likeness (QED) is 0.192. The van der Waals surface area contributed by atoms with Gasteiger partial charge in [0.1, 0.15) is 0 Å². The van der Waals surface area contributed by atoms with E-state index in [1.807, 2.05) is 0 Å². The van der Waals surface area contributed by atoms with Gasteiger partial charge in [0.2, 0.25) is 0 Å². The molecule has 2 aliphatic heterocycles. The summed E-state index contributed by atoms with van der Waals surface area (Å²) in [6, 6.07) is 54.6. The van der Waals surface area contributed by atoms with Crippen LogP contribution in [0.1, 0.15) is 73.4 Å². The molecule has 0 fully saturated rings. The SMILES string of the molecule is CC1CC=CC2=C1c1cc3ccccc3cc1N1C3=CC=C(c4cccc(-c5ccccc5Nc5ccc6c(c5)C(C)(C)c5ccccc5-6)c4)C(C)C3c3cccc2c31. The highest BCUT2D eigenvalue weighted by Crippen LogP contribution is 2.61. The monoisotopic (exact) mass is 758 g/mol. The summed E-state index contributed by atoms with van der Waals surface area (Å²) in [5.74, 6) is 0.955. The lowest BCUT2D eigenvalue weighted by Gasteiger charge is -2.32. The van der Waals surface area contributed by atoms with Gasteiger partial charge in [0.25, 0.3) is 0 Å². The van der Waals surface area contributed by atoms with Crippen molar-refractivity contribution in [2.45, 2.75) is 45.4 Å². The molecule has 0 amide bonds. The van der Waals surface area contributed by atoms with Crippen molar-refractivity contribution in [2.24, 2.45) is 11.8 Å². The Kier molecular flexibility index (Phi) is 7.39. The minimum absolute atomic E-state index is 0.0466. The second-order valence-corrected chi connectivity index (χ2v) is 17.8. The molecule has 3 atom stereocenters. The molecule has 0 spiro atoms. The van der Waals surface area contributed by atoms with Gasteiger partial charge in [-0.05, 0) is 127 Å². The molecule has 0 aromatic heterocycles. The van der Waals surface area contributed by atoms with Crippen molar-refractivity contribution in [3.8, 4) is 22.3 Å². The fourth-order valence-corrected chi connectivity index (χ4v) is 11.3. The summed E-state index contributed by atoms with van der Waals surface area (Å²) in [5, 5.41) is 6.43. The number of benzene rings is 7. The van der Waals surface area contributed by atoms with E-state index in [2.05, 4.69) is 208 Å². The number of hydrogen-bond acceptors (Lipinski definition) is 2. The van der Waals surface area contributed by atoms with E-state index >= 15 is 0 Å². The van der Waals surface area contributed by atoms with E-state index in [4.69, 9.17) is 0 Å². The second-order valence-electron chi connectivity index (χ2n) is 17.8. The van der Waals surface area contributed by atoms with Crippen LogP contribution in [0.3, 0.4) is 0 Å². The first kappa shape index (κ1) is 34.4.